The van der Waals surface area contributed by atoms with Crippen LogP contribution in [0, 0.1) is 0 Å². The van der Waals surface area contributed by atoms with E-state index in [1.807, 2.05) is 0 Å². The summed E-state index contributed by atoms with van der Waals surface area (Å²) in [6, 6.07) is 0. The number of hydrogen-bond donors (Lipinski definition) is 0. The van der Waals surface area contributed by atoms with E-state index in [4.69, 9.17) is 14.2 Å². The SMILES string of the molecule is CC/C=C\C/C=C\C/C=C\C/C=C\C/C=C\CCCC(=O)OCC(COC(=O)CCC/C=C\C/C=C\C/C=C\CC)OC(=O)CCCCCC/C=C\C/C=C\C/C=C\CC. The van der Waals surface area contributed by atoms with E-state index in [-0.39, 0.29) is 50.4 Å². The molecule has 0 aromatic carbocycles. The summed E-state index contributed by atoms with van der Waals surface area (Å²) in [6.07, 6.45) is 65.9. The summed E-state index contributed by atoms with van der Waals surface area (Å²) in [5, 5.41) is 0. The van der Waals surface area contributed by atoms with E-state index in [2.05, 4.69) is 154 Å². The molecule has 0 bridgehead atoms. The van der Waals surface area contributed by atoms with Crippen LogP contribution in [0.4, 0.5) is 0 Å². The highest BCUT2D eigenvalue weighted by Crippen LogP contribution is 2.10. The van der Waals surface area contributed by atoms with Crippen molar-refractivity contribution >= 4 is 17.9 Å². The Morgan fingerprint density at radius 3 is 0.967 bits per heavy atom. The molecule has 0 fully saturated rings. The molecule has 60 heavy (non-hydrogen) atoms. The molecule has 0 spiro atoms. The monoisotopic (exact) mass is 827 g/mol. The second-order valence-corrected chi connectivity index (χ2v) is 14.5. The molecule has 0 aliphatic heterocycles. The Bertz CT molecular complexity index is 1370. The lowest BCUT2D eigenvalue weighted by molar-refractivity contribution is -0.167. The van der Waals surface area contributed by atoms with Gasteiger partial charge in [-0.15, -0.1) is 0 Å². The molecule has 0 saturated heterocycles. The van der Waals surface area contributed by atoms with E-state index in [0.717, 1.165) is 116 Å². The Morgan fingerprint density at radius 2 is 0.617 bits per heavy atom. The van der Waals surface area contributed by atoms with Crippen LogP contribution in [-0.4, -0.2) is 37.2 Å². The Hall–Kier alpha value is -4.45. The van der Waals surface area contributed by atoms with Gasteiger partial charge in [-0.3, -0.25) is 14.4 Å². The quantitative estimate of drug-likeness (QED) is 0.0266. The molecular formula is C54H82O6. The molecule has 0 amide bonds. The molecule has 0 radical (unpaired) electrons. The lowest BCUT2D eigenvalue weighted by Gasteiger charge is -2.18. The molecule has 1 unspecified atom stereocenters. The van der Waals surface area contributed by atoms with Crippen LogP contribution < -0.4 is 0 Å². The molecular weight excluding hydrogens is 745 g/mol. The molecule has 6 nitrogen and oxygen atoms in total. The van der Waals surface area contributed by atoms with Crippen LogP contribution in [-0.2, 0) is 28.6 Å². The van der Waals surface area contributed by atoms with Gasteiger partial charge in [-0.1, -0.05) is 167 Å². The minimum Gasteiger partial charge on any atom is -0.462 e. The minimum atomic E-state index is -0.836. The van der Waals surface area contributed by atoms with Gasteiger partial charge in [-0.05, 0) is 116 Å². The van der Waals surface area contributed by atoms with Gasteiger partial charge >= 0.3 is 17.9 Å². The van der Waals surface area contributed by atoms with Crippen molar-refractivity contribution in [1.82, 2.24) is 0 Å². The van der Waals surface area contributed by atoms with Gasteiger partial charge in [0, 0.05) is 19.3 Å². The predicted octanol–water partition coefficient (Wildman–Crippen LogP) is 15.1. The number of esters is 3. The third-order valence-corrected chi connectivity index (χ3v) is 8.88. The lowest BCUT2D eigenvalue weighted by atomic mass is 10.1. The van der Waals surface area contributed by atoms with Crippen LogP contribution in [0.15, 0.2) is 134 Å². The Balaban J connectivity index is 4.59. The Kier molecular flexibility index (Phi) is 43.7. The van der Waals surface area contributed by atoms with Crippen LogP contribution >= 0.6 is 0 Å². The standard InChI is InChI=1S/C54H82O6/c1-4-7-10-13-16-19-22-24-26-27-28-30-32-35-38-41-44-47-53(56)59-50-51(49-58-52(55)46-43-40-37-34-31-21-18-15-12-9-6-3)60-54(57)48-45-42-39-36-33-29-25-23-20-17-14-11-8-5-2/h7-12,16-21,24-26,28-30,34-35,37-38,51H,4-6,13-15,22-23,27,31-33,36,39-50H2,1-3H3/b10-7-,11-8-,12-9-,19-16-,20-17-,21-18-,26-24-,29-25-,30-28-,37-34-,38-35-. The molecule has 1 atom stereocenters. The summed E-state index contributed by atoms with van der Waals surface area (Å²) in [6.45, 7) is 6.13. The molecule has 0 rings (SSSR count). The summed E-state index contributed by atoms with van der Waals surface area (Å²) in [5.41, 5.74) is 0. The molecule has 334 valence electrons. The largest absolute Gasteiger partial charge is 0.462 e. The Labute approximate surface area is 366 Å². The van der Waals surface area contributed by atoms with Crippen molar-refractivity contribution in [3.63, 3.8) is 0 Å². The van der Waals surface area contributed by atoms with E-state index >= 15 is 0 Å². The highest BCUT2D eigenvalue weighted by molar-refractivity contribution is 5.71. The fourth-order valence-electron chi connectivity index (χ4n) is 5.51. The number of allylic oxidation sites excluding steroid dienone is 22. The first-order valence-corrected chi connectivity index (χ1v) is 23.2. The highest BCUT2D eigenvalue weighted by Gasteiger charge is 2.19. The second kappa shape index (κ2) is 47.2. The van der Waals surface area contributed by atoms with Gasteiger partial charge in [-0.25, -0.2) is 0 Å². The maximum Gasteiger partial charge on any atom is 0.306 e. The van der Waals surface area contributed by atoms with Gasteiger partial charge in [0.15, 0.2) is 6.10 Å². The molecule has 0 N–H and O–H groups in total. The van der Waals surface area contributed by atoms with Crippen molar-refractivity contribution in [2.24, 2.45) is 0 Å². The smallest absolute Gasteiger partial charge is 0.306 e. The molecule has 0 aromatic rings. The predicted molar refractivity (Wildman–Crippen MR) is 256 cm³/mol. The van der Waals surface area contributed by atoms with Gasteiger partial charge in [-0.2, -0.15) is 0 Å². The number of unbranched alkanes of at least 4 members (excludes halogenated alkanes) is 6. The van der Waals surface area contributed by atoms with Crippen molar-refractivity contribution in [3.05, 3.63) is 134 Å². The first kappa shape index (κ1) is 55.5. The molecule has 0 saturated carbocycles. The topological polar surface area (TPSA) is 78.9 Å². The van der Waals surface area contributed by atoms with Gasteiger partial charge < -0.3 is 14.2 Å². The first-order valence-electron chi connectivity index (χ1n) is 23.2. The number of ether oxygens (including phenoxy) is 3. The summed E-state index contributed by atoms with van der Waals surface area (Å²) >= 11 is 0. The first-order chi connectivity index (χ1) is 29.5. The average Bonchev–Trinajstić information content (AvgIpc) is 3.24. The zero-order valence-electron chi connectivity index (χ0n) is 37.9. The molecule has 6 heteroatoms. The van der Waals surface area contributed by atoms with E-state index < -0.39 is 6.10 Å². The normalized spacial score (nSPS) is 13.3. The van der Waals surface area contributed by atoms with Gasteiger partial charge in [0.25, 0.3) is 0 Å². The zero-order valence-corrected chi connectivity index (χ0v) is 37.9. The minimum absolute atomic E-state index is 0.137. The zero-order chi connectivity index (χ0) is 43.7. The fourth-order valence-corrected chi connectivity index (χ4v) is 5.51. The van der Waals surface area contributed by atoms with E-state index in [1.165, 1.54) is 0 Å². The molecule has 0 heterocycles. The van der Waals surface area contributed by atoms with Crippen LogP contribution in [0.25, 0.3) is 0 Å². The lowest BCUT2D eigenvalue weighted by Crippen LogP contribution is -2.30. The van der Waals surface area contributed by atoms with Crippen LogP contribution in [0.2, 0.25) is 0 Å². The maximum absolute atomic E-state index is 12.7. The number of hydrogen-bond acceptors (Lipinski definition) is 6. The average molecular weight is 827 g/mol. The molecule has 0 aliphatic carbocycles. The highest BCUT2D eigenvalue weighted by atomic mass is 16.6. The Morgan fingerprint density at radius 1 is 0.333 bits per heavy atom. The molecule has 0 aromatic heterocycles. The van der Waals surface area contributed by atoms with Crippen molar-refractivity contribution in [2.75, 3.05) is 13.2 Å². The van der Waals surface area contributed by atoms with Crippen LogP contribution in [0.5, 0.6) is 0 Å². The van der Waals surface area contributed by atoms with Gasteiger partial charge in [0.05, 0.1) is 0 Å². The van der Waals surface area contributed by atoms with E-state index in [0.29, 0.717) is 12.8 Å². The van der Waals surface area contributed by atoms with Crippen molar-refractivity contribution in [2.45, 2.75) is 175 Å². The van der Waals surface area contributed by atoms with Crippen molar-refractivity contribution in [3.8, 4) is 0 Å². The summed E-state index contributed by atoms with van der Waals surface area (Å²) in [7, 11) is 0. The van der Waals surface area contributed by atoms with E-state index in [1.54, 1.807) is 0 Å². The maximum atomic E-state index is 12.7. The van der Waals surface area contributed by atoms with Crippen LogP contribution in [0.1, 0.15) is 168 Å². The number of carbonyl (C=O) groups is 3. The number of rotatable bonds is 39. The van der Waals surface area contributed by atoms with E-state index in [9.17, 15) is 14.4 Å². The number of carbonyl (C=O) groups excluding carboxylic acids is 3. The third-order valence-electron chi connectivity index (χ3n) is 8.88. The third kappa shape index (κ3) is 44.6. The fraction of sp³-hybridized carbons (Fsp3) is 0.537. The summed E-state index contributed by atoms with van der Waals surface area (Å²) < 4.78 is 16.6. The van der Waals surface area contributed by atoms with Gasteiger partial charge in [0.2, 0.25) is 0 Å². The van der Waals surface area contributed by atoms with Crippen molar-refractivity contribution in [1.29, 1.82) is 0 Å². The second-order valence-electron chi connectivity index (χ2n) is 14.5. The van der Waals surface area contributed by atoms with Gasteiger partial charge in [0.1, 0.15) is 13.2 Å². The summed E-state index contributed by atoms with van der Waals surface area (Å²) in [4.78, 5) is 37.8. The summed E-state index contributed by atoms with van der Waals surface area (Å²) in [5.74, 6) is -1.08. The molecule has 0 aliphatic rings. The van der Waals surface area contributed by atoms with Crippen molar-refractivity contribution < 1.29 is 28.6 Å². The van der Waals surface area contributed by atoms with Crippen LogP contribution in [0.3, 0.4) is 0 Å².